The molecule has 21 heavy (non-hydrogen) atoms. The van der Waals surface area contributed by atoms with Crippen LogP contribution in [0.1, 0.15) is 38.7 Å². The predicted molar refractivity (Wildman–Crippen MR) is 81.4 cm³/mol. The second-order valence-electron chi connectivity index (χ2n) is 6.57. The Morgan fingerprint density at radius 2 is 2.05 bits per heavy atom. The molecule has 1 aliphatic heterocycles. The normalized spacial score (nSPS) is 32.2. The van der Waals surface area contributed by atoms with Crippen molar-refractivity contribution in [3.8, 4) is 5.75 Å². The van der Waals surface area contributed by atoms with Gasteiger partial charge in [-0.3, -0.25) is 4.79 Å². The van der Waals surface area contributed by atoms with Gasteiger partial charge in [0.2, 0.25) is 5.91 Å². The van der Waals surface area contributed by atoms with Crippen LogP contribution >= 0.6 is 0 Å². The van der Waals surface area contributed by atoms with Gasteiger partial charge < -0.3 is 15.2 Å². The molecule has 114 valence electrons. The number of benzene rings is 1. The number of nitrogens with one attached hydrogen (secondary N) is 1. The van der Waals surface area contributed by atoms with Crippen molar-refractivity contribution in [2.24, 2.45) is 11.8 Å². The van der Waals surface area contributed by atoms with Crippen molar-refractivity contribution in [3.63, 3.8) is 0 Å². The standard InChI is InChI=1S/C17H23NO3/c1-10-7-11(2)17(15(19)8-10)21-13-4-5-14-12(9-13)3-6-16(20)18-14/h4-5,9-11,15,17,19H,3,6-8H2,1-2H3,(H,18,20). The lowest BCUT2D eigenvalue weighted by molar-refractivity contribution is -0.116. The van der Waals surface area contributed by atoms with Gasteiger partial charge in [0.25, 0.3) is 0 Å². The van der Waals surface area contributed by atoms with E-state index in [1.54, 1.807) is 0 Å². The molecule has 1 amide bonds. The predicted octanol–water partition coefficient (Wildman–Crippen LogP) is 2.75. The van der Waals surface area contributed by atoms with Gasteiger partial charge in [0, 0.05) is 12.1 Å². The number of hydrogen-bond acceptors (Lipinski definition) is 3. The molecule has 1 fully saturated rings. The highest BCUT2D eigenvalue weighted by Gasteiger charge is 2.34. The number of amides is 1. The number of carbonyl (C=O) groups excluding carboxylic acids is 1. The zero-order valence-electron chi connectivity index (χ0n) is 12.6. The third-order valence-corrected chi connectivity index (χ3v) is 4.60. The second-order valence-corrected chi connectivity index (χ2v) is 6.57. The molecule has 2 N–H and O–H groups in total. The van der Waals surface area contributed by atoms with Crippen LogP contribution in [0.25, 0.3) is 0 Å². The minimum atomic E-state index is -0.403. The first-order valence-corrected chi connectivity index (χ1v) is 7.80. The Balaban J connectivity index is 1.74. The lowest BCUT2D eigenvalue weighted by Gasteiger charge is -2.37. The molecule has 2 aliphatic rings. The maximum Gasteiger partial charge on any atom is 0.224 e. The maximum atomic E-state index is 11.4. The van der Waals surface area contributed by atoms with Gasteiger partial charge in [0.1, 0.15) is 11.9 Å². The smallest absolute Gasteiger partial charge is 0.224 e. The lowest BCUT2D eigenvalue weighted by atomic mass is 9.79. The van der Waals surface area contributed by atoms with Crippen LogP contribution < -0.4 is 10.1 Å². The average molecular weight is 289 g/mol. The van der Waals surface area contributed by atoms with Crippen molar-refractivity contribution in [2.75, 3.05) is 5.32 Å². The third-order valence-electron chi connectivity index (χ3n) is 4.60. The average Bonchev–Trinajstić information content (AvgIpc) is 2.43. The molecule has 0 radical (unpaired) electrons. The Kier molecular flexibility index (Phi) is 3.89. The van der Waals surface area contributed by atoms with Crippen LogP contribution in [-0.2, 0) is 11.2 Å². The minimum absolute atomic E-state index is 0.0708. The summed E-state index contributed by atoms with van der Waals surface area (Å²) < 4.78 is 6.06. The zero-order valence-corrected chi connectivity index (χ0v) is 12.6. The summed E-state index contributed by atoms with van der Waals surface area (Å²) in [7, 11) is 0. The molecule has 0 bridgehead atoms. The largest absolute Gasteiger partial charge is 0.487 e. The number of aliphatic hydroxyl groups excluding tert-OH is 1. The fourth-order valence-electron chi connectivity index (χ4n) is 3.58. The van der Waals surface area contributed by atoms with E-state index in [0.717, 1.165) is 36.3 Å². The van der Waals surface area contributed by atoms with E-state index in [4.69, 9.17) is 4.74 Å². The van der Waals surface area contributed by atoms with Gasteiger partial charge >= 0.3 is 0 Å². The molecule has 1 saturated carbocycles. The summed E-state index contributed by atoms with van der Waals surface area (Å²) in [5.74, 6) is 1.75. The number of hydrogen-bond donors (Lipinski definition) is 2. The molecule has 0 spiro atoms. The number of carbonyl (C=O) groups is 1. The van der Waals surface area contributed by atoms with E-state index in [1.807, 2.05) is 18.2 Å². The van der Waals surface area contributed by atoms with E-state index in [1.165, 1.54) is 0 Å². The Labute approximate surface area is 125 Å². The first-order valence-electron chi connectivity index (χ1n) is 7.80. The van der Waals surface area contributed by atoms with Crippen LogP contribution in [0.2, 0.25) is 0 Å². The number of anilines is 1. The van der Waals surface area contributed by atoms with Crippen molar-refractivity contribution >= 4 is 11.6 Å². The monoisotopic (exact) mass is 289 g/mol. The molecule has 1 aliphatic carbocycles. The van der Waals surface area contributed by atoms with Crippen LogP contribution in [-0.4, -0.2) is 23.2 Å². The molecule has 3 rings (SSSR count). The van der Waals surface area contributed by atoms with E-state index >= 15 is 0 Å². The van der Waals surface area contributed by atoms with Crippen LogP contribution in [0, 0.1) is 11.8 Å². The topological polar surface area (TPSA) is 58.6 Å². The number of rotatable bonds is 2. The summed E-state index contributed by atoms with van der Waals surface area (Å²) in [5.41, 5.74) is 1.99. The van der Waals surface area contributed by atoms with Crippen LogP contribution in [0.4, 0.5) is 5.69 Å². The fourth-order valence-corrected chi connectivity index (χ4v) is 3.58. The molecule has 4 nitrogen and oxygen atoms in total. The maximum absolute atomic E-state index is 11.4. The number of ether oxygens (including phenoxy) is 1. The molecule has 1 heterocycles. The SMILES string of the molecule is CC1CC(C)C(Oc2ccc3c(c2)CCC(=O)N3)C(O)C1. The fraction of sp³-hybridized carbons (Fsp3) is 0.588. The molecule has 0 saturated heterocycles. The van der Waals surface area contributed by atoms with Crippen molar-refractivity contribution < 1.29 is 14.6 Å². The number of aliphatic hydroxyl groups is 1. The second kappa shape index (κ2) is 5.68. The van der Waals surface area contributed by atoms with Crippen LogP contribution in [0.5, 0.6) is 5.75 Å². The molecule has 1 aromatic rings. The Bertz CT molecular complexity index is 531. The van der Waals surface area contributed by atoms with E-state index in [9.17, 15) is 9.90 Å². The highest BCUT2D eigenvalue weighted by atomic mass is 16.5. The van der Waals surface area contributed by atoms with Crippen molar-refractivity contribution in [1.29, 1.82) is 0 Å². The third kappa shape index (κ3) is 3.05. The number of fused-ring (bicyclic) bond motifs is 1. The zero-order chi connectivity index (χ0) is 15.0. The van der Waals surface area contributed by atoms with Gasteiger partial charge in [-0.25, -0.2) is 0 Å². The molecular formula is C17H23NO3. The molecular weight excluding hydrogens is 266 g/mol. The summed E-state index contributed by atoms with van der Waals surface area (Å²) in [6.07, 6.45) is 2.62. The van der Waals surface area contributed by atoms with Crippen molar-refractivity contribution in [2.45, 2.75) is 51.7 Å². The summed E-state index contributed by atoms with van der Waals surface area (Å²) in [5, 5.41) is 13.1. The van der Waals surface area contributed by atoms with Gasteiger partial charge in [-0.1, -0.05) is 13.8 Å². The number of aryl methyl sites for hydroxylation is 1. The van der Waals surface area contributed by atoms with E-state index in [2.05, 4.69) is 19.2 Å². The highest BCUT2D eigenvalue weighted by Crippen LogP contribution is 2.33. The van der Waals surface area contributed by atoms with Gasteiger partial charge in [-0.2, -0.15) is 0 Å². The molecule has 4 atom stereocenters. The Hall–Kier alpha value is -1.55. The molecule has 4 unspecified atom stereocenters. The van der Waals surface area contributed by atoms with E-state index < -0.39 is 6.10 Å². The van der Waals surface area contributed by atoms with Crippen LogP contribution in [0.15, 0.2) is 18.2 Å². The quantitative estimate of drug-likeness (QED) is 0.880. The van der Waals surface area contributed by atoms with Gasteiger partial charge in [-0.05, 0) is 54.9 Å². The van der Waals surface area contributed by atoms with Gasteiger partial charge in [0.15, 0.2) is 0 Å². The summed E-state index contributed by atoms with van der Waals surface area (Å²) in [6, 6.07) is 5.76. The summed E-state index contributed by atoms with van der Waals surface area (Å²) >= 11 is 0. The molecule has 4 heteroatoms. The Morgan fingerprint density at radius 3 is 2.81 bits per heavy atom. The lowest BCUT2D eigenvalue weighted by Crippen LogP contribution is -2.43. The van der Waals surface area contributed by atoms with Crippen molar-refractivity contribution in [1.82, 2.24) is 0 Å². The summed E-state index contributed by atoms with van der Waals surface area (Å²) in [4.78, 5) is 11.4. The molecule has 1 aromatic carbocycles. The summed E-state index contributed by atoms with van der Waals surface area (Å²) in [6.45, 7) is 4.32. The highest BCUT2D eigenvalue weighted by molar-refractivity contribution is 5.93. The van der Waals surface area contributed by atoms with Gasteiger partial charge in [0.05, 0.1) is 6.10 Å². The van der Waals surface area contributed by atoms with Gasteiger partial charge in [-0.15, -0.1) is 0 Å². The Morgan fingerprint density at radius 1 is 1.24 bits per heavy atom. The van der Waals surface area contributed by atoms with E-state index in [-0.39, 0.29) is 12.0 Å². The van der Waals surface area contributed by atoms with Crippen LogP contribution in [0.3, 0.4) is 0 Å². The molecule has 0 aromatic heterocycles. The minimum Gasteiger partial charge on any atom is -0.487 e. The van der Waals surface area contributed by atoms with E-state index in [0.29, 0.717) is 18.3 Å². The first kappa shape index (κ1) is 14.4. The first-order chi connectivity index (χ1) is 10.0. The van der Waals surface area contributed by atoms with Crippen molar-refractivity contribution in [3.05, 3.63) is 23.8 Å².